The summed E-state index contributed by atoms with van der Waals surface area (Å²) in [6.07, 6.45) is -2.98. The second-order valence-corrected chi connectivity index (χ2v) is 7.11. The highest BCUT2D eigenvalue weighted by Crippen LogP contribution is 2.28. The molecule has 0 bridgehead atoms. The summed E-state index contributed by atoms with van der Waals surface area (Å²) in [6, 6.07) is 15.3. The van der Waals surface area contributed by atoms with Crippen molar-refractivity contribution in [3.05, 3.63) is 65.6 Å². The summed E-state index contributed by atoms with van der Waals surface area (Å²) in [7, 11) is 0. The molecule has 0 unspecified atom stereocenters. The molecule has 1 aromatic heterocycles. The normalized spacial score (nSPS) is 13.3. The number of nitrogens with one attached hydrogen (secondary N) is 2. The van der Waals surface area contributed by atoms with E-state index in [4.69, 9.17) is 9.90 Å². The molecule has 5 nitrogen and oxygen atoms in total. The van der Waals surface area contributed by atoms with Crippen molar-refractivity contribution in [3.63, 3.8) is 0 Å². The second kappa shape index (κ2) is 9.82. The summed E-state index contributed by atoms with van der Waals surface area (Å²) in [5, 5.41) is 15.3. The van der Waals surface area contributed by atoms with Crippen LogP contribution < -0.4 is 10.6 Å². The number of hydrogen-bond acceptors (Lipinski definition) is 3. The van der Waals surface area contributed by atoms with E-state index in [2.05, 4.69) is 39.5 Å². The lowest BCUT2D eigenvalue weighted by Gasteiger charge is -2.17. The van der Waals surface area contributed by atoms with Gasteiger partial charge >= 0.3 is 12.1 Å². The van der Waals surface area contributed by atoms with Gasteiger partial charge in [0.2, 0.25) is 0 Å². The first-order chi connectivity index (χ1) is 14.8. The minimum atomic E-state index is -5.08. The van der Waals surface area contributed by atoms with Crippen molar-refractivity contribution in [3.8, 4) is 0 Å². The smallest absolute Gasteiger partial charge is 0.475 e. The first-order valence-corrected chi connectivity index (χ1v) is 9.86. The van der Waals surface area contributed by atoms with E-state index in [-0.39, 0.29) is 5.82 Å². The van der Waals surface area contributed by atoms with Crippen molar-refractivity contribution in [2.45, 2.75) is 32.1 Å². The lowest BCUT2D eigenvalue weighted by atomic mass is 10.1. The van der Waals surface area contributed by atoms with Crippen LogP contribution in [0.15, 0.2) is 48.5 Å². The van der Waals surface area contributed by atoms with E-state index in [1.165, 1.54) is 34.3 Å². The quantitative estimate of drug-likeness (QED) is 0.404. The maximum atomic E-state index is 13.2. The van der Waals surface area contributed by atoms with Crippen molar-refractivity contribution >= 4 is 22.6 Å². The number of benzene rings is 2. The number of rotatable bonds is 5. The van der Waals surface area contributed by atoms with Crippen LogP contribution in [0, 0.1) is 5.82 Å². The van der Waals surface area contributed by atoms with Gasteiger partial charge in [0.25, 0.3) is 0 Å². The molecule has 0 radical (unpaired) electrons. The molecular weight excluding hydrogens is 414 g/mol. The van der Waals surface area contributed by atoms with Gasteiger partial charge < -0.3 is 20.3 Å². The molecule has 1 aliphatic heterocycles. The fourth-order valence-corrected chi connectivity index (χ4v) is 3.65. The fourth-order valence-electron chi connectivity index (χ4n) is 3.65. The minimum absolute atomic E-state index is 0.198. The van der Waals surface area contributed by atoms with E-state index >= 15 is 0 Å². The molecule has 166 valence electrons. The predicted molar refractivity (Wildman–Crippen MR) is 111 cm³/mol. The van der Waals surface area contributed by atoms with Crippen LogP contribution in [0.3, 0.4) is 0 Å². The van der Waals surface area contributed by atoms with Gasteiger partial charge in [-0.15, -0.1) is 0 Å². The summed E-state index contributed by atoms with van der Waals surface area (Å²) in [5.41, 5.74) is 5.10. The average molecular weight is 437 g/mol. The molecule has 3 aromatic rings. The lowest BCUT2D eigenvalue weighted by Crippen LogP contribution is -2.25. The Kier molecular flexibility index (Phi) is 7.17. The topological polar surface area (TPSA) is 66.3 Å². The molecule has 1 aliphatic rings. The number of aryl methyl sites for hydroxylation is 1. The molecule has 0 saturated heterocycles. The Balaban J connectivity index is 0.000000339. The standard InChI is InChI=1S/C20H22FN3.C2HF3O2/c21-15-5-3-6-16(13-15)23-10-4-12-24-19-8-2-1-7-17(19)18-9-11-22-14-20(18)24;3-2(4,5)1(6)7/h1-3,5-8,13,22-23H,4,9-12,14H2;(H,6,7). The first kappa shape index (κ1) is 22.6. The van der Waals surface area contributed by atoms with E-state index in [0.29, 0.717) is 0 Å². The van der Waals surface area contributed by atoms with E-state index in [1.54, 1.807) is 6.07 Å². The second-order valence-electron chi connectivity index (χ2n) is 7.11. The van der Waals surface area contributed by atoms with Gasteiger partial charge in [0.05, 0.1) is 0 Å². The summed E-state index contributed by atoms with van der Waals surface area (Å²) in [4.78, 5) is 8.90. The molecular formula is C22H23F4N3O2. The number of para-hydroxylation sites is 1. The van der Waals surface area contributed by atoms with Crippen LogP contribution >= 0.6 is 0 Å². The first-order valence-electron chi connectivity index (χ1n) is 9.86. The van der Waals surface area contributed by atoms with Gasteiger partial charge in [-0.1, -0.05) is 24.3 Å². The molecule has 31 heavy (non-hydrogen) atoms. The Labute approximate surface area is 176 Å². The van der Waals surface area contributed by atoms with Crippen molar-refractivity contribution in [2.75, 3.05) is 18.4 Å². The molecule has 0 atom stereocenters. The number of carboxylic acids is 1. The van der Waals surface area contributed by atoms with Gasteiger partial charge in [0.15, 0.2) is 0 Å². The average Bonchev–Trinajstić information content (AvgIpc) is 3.05. The monoisotopic (exact) mass is 437 g/mol. The van der Waals surface area contributed by atoms with E-state index in [0.717, 1.165) is 44.7 Å². The maximum absolute atomic E-state index is 13.2. The number of carboxylic acid groups (broad SMARTS) is 1. The van der Waals surface area contributed by atoms with Gasteiger partial charge in [-0.2, -0.15) is 13.2 Å². The summed E-state index contributed by atoms with van der Waals surface area (Å²) < 4.78 is 47.4. The van der Waals surface area contributed by atoms with Crippen molar-refractivity contribution in [1.29, 1.82) is 0 Å². The number of nitrogens with zero attached hydrogens (tertiary/aromatic N) is 1. The molecule has 0 fully saturated rings. The van der Waals surface area contributed by atoms with Gasteiger partial charge in [0, 0.05) is 41.9 Å². The van der Waals surface area contributed by atoms with Gasteiger partial charge in [0.1, 0.15) is 5.82 Å². The molecule has 9 heteroatoms. The van der Waals surface area contributed by atoms with E-state index in [1.807, 2.05) is 6.07 Å². The Morgan fingerprint density at radius 2 is 1.90 bits per heavy atom. The minimum Gasteiger partial charge on any atom is -0.475 e. The largest absolute Gasteiger partial charge is 0.490 e. The van der Waals surface area contributed by atoms with Crippen LogP contribution in [-0.2, 0) is 24.3 Å². The molecule has 0 amide bonds. The number of hydrogen-bond donors (Lipinski definition) is 3. The highest BCUT2D eigenvalue weighted by Gasteiger charge is 2.38. The van der Waals surface area contributed by atoms with Gasteiger partial charge in [-0.05, 0) is 49.2 Å². The number of aromatic nitrogens is 1. The molecule has 3 N–H and O–H groups in total. The maximum Gasteiger partial charge on any atom is 0.490 e. The Morgan fingerprint density at radius 3 is 2.61 bits per heavy atom. The summed E-state index contributed by atoms with van der Waals surface area (Å²) >= 11 is 0. The summed E-state index contributed by atoms with van der Waals surface area (Å²) in [5.74, 6) is -2.95. The Morgan fingerprint density at radius 1 is 1.16 bits per heavy atom. The third kappa shape index (κ3) is 5.75. The van der Waals surface area contributed by atoms with Gasteiger partial charge in [-0.3, -0.25) is 0 Å². The third-order valence-electron chi connectivity index (χ3n) is 4.99. The number of anilines is 1. The zero-order valence-corrected chi connectivity index (χ0v) is 16.7. The van der Waals surface area contributed by atoms with Crippen molar-refractivity contribution < 1.29 is 27.5 Å². The Bertz CT molecular complexity index is 1050. The number of carbonyl (C=O) groups is 1. The number of fused-ring (bicyclic) bond motifs is 3. The van der Waals surface area contributed by atoms with Crippen LogP contribution in [0.4, 0.5) is 23.2 Å². The predicted octanol–water partition coefficient (Wildman–Crippen LogP) is 4.56. The van der Waals surface area contributed by atoms with E-state index in [9.17, 15) is 17.6 Å². The highest BCUT2D eigenvalue weighted by atomic mass is 19.4. The SMILES string of the molecule is Fc1cccc(NCCCn2c3c(c4ccccc42)CCNC3)c1.O=C(O)C(F)(F)F. The Hall–Kier alpha value is -3.07. The van der Waals surface area contributed by atoms with Crippen LogP contribution in [0.1, 0.15) is 17.7 Å². The molecule has 0 spiro atoms. The summed E-state index contributed by atoms with van der Waals surface area (Å²) in [6.45, 7) is 3.81. The number of aliphatic carboxylic acids is 1. The number of halogens is 4. The zero-order valence-electron chi connectivity index (χ0n) is 16.7. The van der Waals surface area contributed by atoms with Crippen LogP contribution in [0.25, 0.3) is 10.9 Å². The van der Waals surface area contributed by atoms with E-state index < -0.39 is 12.1 Å². The fraction of sp³-hybridized carbons (Fsp3) is 0.318. The zero-order chi connectivity index (χ0) is 22.4. The highest BCUT2D eigenvalue weighted by molar-refractivity contribution is 5.85. The van der Waals surface area contributed by atoms with Crippen LogP contribution in [-0.4, -0.2) is 34.9 Å². The van der Waals surface area contributed by atoms with Crippen LogP contribution in [0.2, 0.25) is 0 Å². The van der Waals surface area contributed by atoms with Crippen LogP contribution in [0.5, 0.6) is 0 Å². The molecule has 2 aromatic carbocycles. The molecule has 0 aliphatic carbocycles. The molecule has 2 heterocycles. The molecule has 0 saturated carbocycles. The molecule has 4 rings (SSSR count). The lowest BCUT2D eigenvalue weighted by molar-refractivity contribution is -0.192. The third-order valence-corrected chi connectivity index (χ3v) is 4.99. The van der Waals surface area contributed by atoms with Crippen molar-refractivity contribution in [2.24, 2.45) is 0 Å². The number of alkyl halides is 3. The van der Waals surface area contributed by atoms with Crippen molar-refractivity contribution in [1.82, 2.24) is 9.88 Å². The van der Waals surface area contributed by atoms with Gasteiger partial charge in [-0.25, -0.2) is 9.18 Å².